The van der Waals surface area contributed by atoms with Gasteiger partial charge in [0.15, 0.2) is 0 Å². The average Bonchev–Trinajstić information content (AvgIpc) is 3.03. The van der Waals surface area contributed by atoms with Gasteiger partial charge in [-0.1, -0.05) is 0 Å². The molecule has 0 bridgehead atoms. The summed E-state index contributed by atoms with van der Waals surface area (Å²) in [6.45, 7) is 0.377. The maximum Gasteiger partial charge on any atom is 0.303 e. The van der Waals surface area contributed by atoms with E-state index in [0.717, 1.165) is 11.3 Å². The number of aromatic amines is 1. The Bertz CT molecular complexity index is 679. The first-order chi connectivity index (χ1) is 11.0. The molecule has 0 saturated heterocycles. The van der Waals surface area contributed by atoms with Gasteiger partial charge in [-0.15, -0.1) is 0 Å². The van der Waals surface area contributed by atoms with Crippen molar-refractivity contribution in [2.45, 2.75) is 12.8 Å². The fourth-order valence-corrected chi connectivity index (χ4v) is 2.12. The highest BCUT2D eigenvalue weighted by Gasteiger charge is 2.15. The largest absolute Gasteiger partial charge is 0.497 e. The first-order valence-electron chi connectivity index (χ1n) is 7.18. The van der Waals surface area contributed by atoms with E-state index in [1.54, 1.807) is 20.2 Å². The van der Waals surface area contributed by atoms with Crippen LogP contribution in [0.5, 0.6) is 5.75 Å². The van der Waals surface area contributed by atoms with Gasteiger partial charge < -0.3 is 14.7 Å². The maximum absolute atomic E-state index is 12.3. The highest BCUT2D eigenvalue weighted by molar-refractivity contribution is 5.93. The first kappa shape index (κ1) is 16.5. The lowest BCUT2D eigenvalue weighted by molar-refractivity contribution is -0.137. The van der Waals surface area contributed by atoms with Gasteiger partial charge in [0.05, 0.1) is 12.8 Å². The number of hydrogen-bond donors (Lipinski definition) is 2. The molecule has 7 heteroatoms. The molecular formula is C16H19N3O4. The fraction of sp³-hybridized carbons (Fsp3) is 0.312. The molecule has 1 aromatic heterocycles. The summed E-state index contributed by atoms with van der Waals surface area (Å²) in [6, 6.07) is 9.05. The third-order valence-corrected chi connectivity index (χ3v) is 3.42. The van der Waals surface area contributed by atoms with Gasteiger partial charge in [-0.25, -0.2) is 0 Å². The van der Waals surface area contributed by atoms with E-state index in [-0.39, 0.29) is 12.3 Å². The number of aliphatic carboxylic acids is 1. The summed E-state index contributed by atoms with van der Waals surface area (Å²) in [5.41, 5.74) is 1.90. The number of H-pyrrole nitrogens is 1. The van der Waals surface area contributed by atoms with Gasteiger partial charge in [-0.2, -0.15) is 5.10 Å². The van der Waals surface area contributed by atoms with E-state index >= 15 is 0 Å². The van der Waals surface area contributed by atoms with Crippen LogP contribution >= 0.6 is 0 Å². The number of nitrogens with one attached hydrogen (secondary N) is 1. The Hall–Kier alpha value is -2.83. The van der Waals surface area contributed by atoms with Gasteiger partial charge in [0.25, 0.3) is 5.91 Å². The predicted molar refractivity (Wildman–Crippen MR) is 84.4 cm³/mol. The second-order valence-electron chi connectivity index (χ2n) is 5.12. The lowest BCUT2D eigenvalue weighted by atomic mass is 10.1. The third kappa shape index (κ3) is 4.32. The molecule has 1 heterocycles. The third-order valence-electron chi connectivity index (χ3n) is 3.42. The zero-order chi connectivity index (χ0) is 16.8. The summed E-state index contributed by atoms with van der Waals surface area (Å²) < 4.78 is 5.10. The molecule has 0 aliphatic carbocycles. The molecule has 2 rings (SSSR count). The number of hydrogen-bond acceptors (Lipinski definition) is 4. The van der Waals surface area contributed by atoms with Crippen LogP contribution < -0.4 is 4.74 Å². The zero-order valence-electron chi connectivity index (χ0n) is 13.1. The lowest BCUT2D eigenvalue weighted by Gasteiger charge is -2.15. The van der Waals surface area contributed by atoms with Crippen molar-refractivity contribution in [2.24, 2.45) is 0 Å². The van der Waals surface area contributed by atoms with Gasteiger partial charge in [-0.05, 0) is 36.8 Å². The fourth-order valence-electron chi connectivity index (χ4n) is 2.12. The normalized spacial score (nSPS) is 10.3. The summed E-state index contributed by atoms with van der Waals surface area (Å²) in [4.78, 5) is 24.2. The van der Waals surface area contributed by atoms with Gasteiger partial charge >= 0.3 is 5.97 Å². The minimum absolute atomic E-state index is 0.0394. The molecule has 0 aliphatic heterocycles. The number of ether oxygens (including phenoxy) is 1. The van der Waals surface area contributed by atoms with Crippen LogP contribution in [-0.4, -0.2) is 52.8 Å². The van der Waals surface area contributed by atoms with Crippen molar-refractivity contribution < 1.29 is 19.4 Å². The number of carboxylic acids is 1. The Balaban J connectivity index is 2.02. The summed E-state index contributed by atoms with van der Waals surface area (Å²) in [7, 11) is 3.23. The molecule has 0 radical (unpaired) electrons. The highest BCUT2D eigenvalue weighted by atomic mass is 16.5. The van der Waals surface area contributed by atoms with Crippen molar-refractivity contribution in [3.8, 4) is 17.0 Å². The van der Waals surface area contributed by atoms with Crippen LogP contribution in [0.2, 0.25) is 0 Å². The van der Waals surface area contributed by atoms with Crippen LogP contribution in [-0.2, 0) is 4.79 Å². The van der Waals surface area contributed by atoms with Crippen molar-refractivity contribution >= 4 is 11.9 Å². The molecular weight excluding hydrogens is 298 g/mol. The number of benzene rings is 1. The summed E-state index contributed by atoms with van der Waals surface area (Å²) in [6.07, 6.45) is 0.453. The molecule has 7 nitrogen and oxygen atoms in total. The van der Waals surface area contributed by atoms with Gasteiger partial charge in [-0.3, -0.25) is 14.7 Å². The van der Waals surface area contributed by atoms with E-state index in [2.05, 4.69) is 10.2 Å². The standard InChI is InChI=1S/C16H19N3O4/c1-19(9-3-4-15(20)21)16(22)14-10-13(17-18-14)11-5-7-12(23-2)8-6-11/h5-8,10H,3-4,9H2,1-2H3,(H,17,18)(H,20,21). The molecule has 0 atom stereocenters. The quantitative estimate of drug-likeness (QED) is 0.814. The molecule has 0 spiro atoms. The van der Waals surface area contributed by atoms with E-state index in [9.17, 15) is 9.59 Å². The van der Waals surface area contributed by atoms with Crippen LogP contribution in [0.1, 0.15) is 23.3 Å². The number of carbonyl (C=O) groups excluding carboxylic acids is 1. The highest BCUT2D eigenvalue weighted by Crippen LogP contribution is 2.21. The summed E-state index contributed by atoms with van der Waals surface area (Å²) in [5.74, 6) is -0.337. The zero-order valence-corrected chi connectivity index (χ0v) is 13.1. The number of carboxylic acid groups (broad SMARTS) is 1. The van der Waals surface area contributed by atoms with Crippen LogP contribution in [0.25, 0.3) is 11.3 Å². The Morgan fingerprint density at radius 1 is 1.30 bits per heavy atom. The van der Waals surface area contributed by atoms with Crippen LogP contribution in [0, 0.1) is 0 Å². The van der Waals surface area contributed by atoms with E-state index in [1.165, 1.54) is 4.90 Å². The van der Waals surface area contributed by atoms with Gasteiger partial charge in [0.2, 0.25) is 0 Å². The van der Waals surface area contributed by atoms with E-state index in [4.69, 9.17) is 9.84 Å². The van der Waals surface area contributed by atoms with Gasteiger partial charge in [0.1, 0.15) is 11.4 Å². The van der Waals surface area contributed by atoms with Gasteiger partial charge in [0, 0.05) is 25.6 Å². The Labute approximate surface area is 133 Å². The minimum atomic E-state index is -0.866. The Kier molecular flexibility index (Phi) is 5.35. The monoisotopic (exact) mass is 317 g/mol. The first-order valence-corrected chi connectivity index (χ1v) is 7.18. The molecule has 0 fully saturated rings. The lowest BCUT2D eigenvalue weighted by Crippen LogP contribution is -2.28. The van der Waals surface area contributed by atoms with Crippen LogP contribution in [0.15, 0.2) is 30.3 Å². The van der Waals surface area contributed by atoms with Crippen LogP contribution in [0.3, 0.4) is 0 Å². The smallest absolute Gasteiger partial charge is 0.303 e. The molecule has 0 unspecified atom stereocenters. The number of methoxy groups -OCH3 is 1. The summed E-state index contributed by atoms with van der Waals surface area (Å²) in [5, 5.41) is 15.5. The number of amides is 1. The maximum atomic E-state index is 12.3. The van der Waals surface area contributed by atoms with E-state index in [0.29, 0.717) is 24.4 Å². The number of nitrogens with zero attached hydrogens (tertiary/aromatic N) is 2. The average molecular weight is 317 g/mol. The molecule has 122 valence electrons. The molecule has 2 N–H and O–H groups in total. The van der Waals surface area contributed by atoms with E-state index in [1.807, 2.05) is 24.3 Å². The number of carbonyl (C=O) groups is 2. The van der Waals surface area contributed by atoms with Crippen molar-refractivity contribution in [1.29, 1.82) is 0 Å². The SMILES string of the molecule is COc1ccc(-c2cc(C(=O)N(C)CCCC(=O)O)[nH]n2)cc1. The molecule has 1 aromatic carbocycles. The summed E-state index contributed by atoms with van der Waals surface area (Å²) >= 11 is 0. The molecule has 2 aromatic rings. The van der Waals surface area contributed by atoms with Crippen LogP contribution in [0.4, 0.5) is 0 Å². The Morgan fingerprint density at radius 3 is 2.61 bits per heavy atom. The second kappa shape index (κ2) is 7.44. The molecule has 0 saturated carbocycles. The second-order valence-corrected chi connectivity index (χ2v) is 5.12. The Morgan fingerprint density at radius 2 is 2.00 bits per heavy atom. The molecule has 23 heavy (non-hydrogen) atoms. The predicted octanol–water partition coefficient (Wildman–Crippen LogP) is 2.02. The van der Waals surface area contributed by atoms with E-state index < -0.39 is 5.97 Å². The van der Waals surface area contributed by atoms with Crippen molar-refractivity contribution in [3.63, 3.8) is 0 Å². The molecule has 0 aliphatic rings. The van der Waals surface area contributed by atoms with Crippen molar-refractivity contribution in [1.82, 2.24) is 15.1 Å². The van der Waals surface area contributed by atoms with Crippen molar-refractivity contribution in [3.05, 3.63) is 36.0 Å². The molecule has 1 amide bonds. The minimum Gasteiger partial charge on any atom is -0.497 e. The topological polar surface area (TPSA) is 95.5 Å². The number of rotatable bonds is 7. The number of aromatic nitrogens is 2. The van der Waals surface area contributed by atoms with Crippen molar-refractivity contribution in [2.75, 3.05) is 20.7 Å².